The summed E-state index contributed by atoms with van der Waals surface area (Å²) in [7, 11) is 0. The number of urea groups is 1. The number of carbonyl (C=O) groups excluding carboxylic acids is 2. The Morgan fingerprint density at radius 3 is 2.67 bits per heavy atom. The van der Waals surface area contributed by atoms with Crippen LogP contribution < -0.4 is 10.2 Å². The van der Waals surface area contributed by atoms with Crippen molar-refractivity contribution in [2.24, 2.45) is 0 Å². The molecule has 1 aromatic rings. The number of nitrogens with zero attached hydrogens (tertiary/aromatic N) is 1. The van der Waals surface area contributed by atoms with Gasteiger partial charge in [-0.1, -0.05) is 22.0 Å². The van der Waals surface area contributed by atoms with E-state index in [1.165, 1.54) is 0 Å². The van der Waals surface area contributed by atoms with Crippen LogP contribution in [0.5, 0.6) is 0 Å². The molecule has 1 aromatic carbocycles. The summed E-state index contributed by atoms with van der Waals surface area (Å²) in [5, 5.41) is 2.56. The second kappa shape index (κ2) is 3.66. The summed E-state index contributed by atoms with van der Waals surface area (Å²) < 4.78 is 0.833. The van der Waals surface area contributed by atoms with Crippen molar-refractivity contribution < 1.29 is 9.59 Å². The van der Waals surface area contributed by atoms with Gasteiger partial charge < -0.3 is 5.32 Å². The predicted octanol–water partition coefficient (Wildman–Crippen LogP) is 1.89. The van der Waals surface area contributed by atoms with E-state index in [0.717, 1.165) is 9.37 Å². The summed E-state index contributed by atoms with van der Waals surface area (Å²) >= 11 is 3.29. The Labute approximate surface area is 95.4 Å². The van der Waals surface area contributed by atoms with Crippen molar-refractivity contribution >= 4 is 33.6 Å². The molecular weight excluding hydrogens is 260 g/mol. The zero-order valence-electron chi connectivity index (χ0n) is 8.03. The average Bonchev–Trinajstić information content (AvgIpc) is 2.41. The highest BCUT2D eigenvalue weighted by atomic mass is 79.9. The molecular formula is C10H9BrN2O2. The first kappa shape index (κ1) is 10.2. The molecule has 15 heavy (non-hydrogen) atoms. The minimum absolute atomic E-state index is 0.224. The molecule has 0 aliphatic carbocycles. The number of hydrogen-bond acceptors (Lipinski definition) is 2. The number of anilines is 1. The standard InChI is InChI=1S/C10H9BrN2O2/c1-6-9(14)13(10(15)12-6)8-4-2-3-7(11)5-8/h2-6H,1H3,(H,12,15). The minimum atomic E-state index is -0.448. The molecule has 1 fully saturated rings. The molecule has 1 heterocycles. The zero-order valence-corrected chi connectivity index (χ0v) is 9.61. The molecule has 1 saturated heterocycles. The molecule has 0 radical (unpaired) electrons. The highest BCUT2D eigenvalue weighted by molar-refractivity contribution is 9.10. The van der Waals surface area contributed by atoms with Gasteiger partial charge in [0.05, 0.1) is 5.69 Å². The van der Waals surface area contributed by atoms with Crippen molar-refractivity contribution in [3.05, 3.63) is 28.7 Å². The lowest BCUT2D eigenvalue weighted by Crippen LogP contribution is -2.30. The van der Waals surface area contributed by atoms with Crippen LogP contribution in [-0.2, 0) is 4.79 Å². The van der Waals surface area contributed by atoms with Gasteiger partial charge in [0.1, 0.15) is 6.04 Å². The van der Waals surface area contributed by atoms with Crippen LogP contribution in [0.15, 0.2) is 28.7 Å². The number of benzene rings is 1. The average molecular weight is 269 g/mol. The summed E-state index contributed by atoms with van der Waals surface area (Å²) in [6, 6.07) is 6.26. The van der Waals surface area contributed by atoms with Crippen LogP contribution in [-0.4, -0.2) is 18.0 Å². The topological polar surface area (TPSA) is 49.4 Å². The molecule has 1 unspecified atom stereocenters. The molecule has 5 heteroatoms. The maximum absolute atomic E-state index is 11.7. The maximum atomic E-state index is 11.7. The molecule has 4 nitrogen and oxygen atoms in total. The van der Waals surface area contributed by atoms with E-state index in [9.17, 15) is 9.59 Å². The van der Waals surface area contributed by atoms with E-state index < -0.39 is 6.04 Å². The molecule has 78 valence electrons. The largest absolute Gasteiger partial charge is 0.329 e. The highest BCUT2D eigenvalue weighted by Crippen LogP contribution is 2.22. The summed E-state index contributed by atoms with van der Waals surface area (Å²) in [6.07, 6.45) is 0. The Morgan fingerprint density at radius 1 is 1.40 bits per heavy atom. The number of halogens is 1. The van der Waals surface area contributed by atoms with Gasteiger partial charge in [-0.2, -0.15) is 0 Å². The molecule has 0 bridgehead atoms. The first-order valence-corrected chi connectivity index (χ1v) is 5.29. The van der Waals surface area contributed by atoms with Crippen LogP contribution in [0.2, 0.25) is 0 Å². The maximum Gasteiger partial charge on any atom is 0.329 e. The summed E-state index contributed by atoms with van der Waals surface area (Å²) in [5.74, 6) is -0.224. The van der Waals surface area contributed by atoms with Crippen molar-refractivity contribution in [2.75, 3.05) is 4.90 Å². The number of imide groups is 1. The van der Waals surface area contributed by atoms with Crippen molar-refractivity contribution in [1.82, 2.24) is 5.32 Å². The molecule has 1 aliphatic heterocycles. The molecule has 1 aliphatic rings. The van der Waals surface area contributed by atoms with Gasteiger partial charge in [-0.25, -0.2) is 9.69 Å². The van der Waals surface area contributed by atoms with Crippen molar-refractivity contribution in [3.63, 3.8) is 0 Å². The van der Waals surface area contributed by atoms with E-state index in [1.807, 2.05) is 6.07 Å². The van der Waals surface area contributed by atoms with Crippen LogP contribution in [0.3, 0.4) is 0 Å². The summed E-state index contributed by atoms with van der Waals surface area (Å²) in [4.78, 5) is 24.3. The van der Waals surface area contributed by atoms with Gasteiger partial charge in [-0.05, 0) is 25.1 Å². The van der Waals surface area contributed by atoms with E-state index in [0.29, 0.717) is 5.69 Å². The van der Waals surface area contributed by atoms with Gasteiger partial charge in [-0.15, -0.1) is 0 Å². The van der Waals surface area contributed by atoms with Crippen LogP contribution in [0.4, 0.5) is 10.5 Å². The lowest BCUT2D eigenvalue weighted by molar-refractivity contribution is -0.117. The van der Waals surface area contributed by atoms with Gasteiger partial charge in [0.2, 0.25) is 0 Å². The van der Waals surface area contributed by atoms with Crippen LogP contribution in [0.1, 0.15) is 6.92 Å². The summed E-state index contributed by atoms with van der Waals surface area (Å²) in [5.41, 5.74) is 0.580. The molecule has 1 N–H and O–H groups in total. The zero-order chi connectivity index (χ0) is 11.0. The Balaban J connectivity index is 2.39. The monoisotopic (exact) mass is 268 g/mol. The molecule has 2 rings (SSSR count). The minimum Gasteiger partial charge on any atom is -0.326 e. The fraction of sp³-hybridized carbons (Fsp3) is 0.200. The number of nitrogens with one attached hydrogen (secondary N) is 1. The van der Waals surface area contributed by atoms with Gasteiger partial charge >= 0.3 is 6.03 Å². The Hall–Kier alpha value is -1.36. The fourth-order valence-corrected chi connectivity index (χ4v) is 1.85. The normalized spacial score (nSPS) is 20.7. The summed E-state index contributed by atoms with van der Waals surface area (Å²) in [6.45, 7) is 1.66. The lowest BCUT2D eigenvalue weighted by atomic mass is 10.3. The third kappa shape index (κ3) is 1.74. The van der Waals surface area contributed by atoms with E-state index in [2.05, 4.69) is 21.2 Å². The second-order valence-electron chi connectivity index (χ2n) is 3.32. The molecule has 1 atom stereocenters. The molecule has 0 aromatic heterocycles. The van der Waals surface area contributed by atoms with Gasteiger partial charge in [0.25, 0.3) is 5.91 Å². The number of rotatable bonds is 1. The van der Waals surface area contributed by atoms with Crippen molar-refractivity contribution in [2.45, 2.75) is 13.0 Å². The van der Waals surface area contributed by atoms with Crippen LogP contribution >= 0.6 is 15.9 Å². The predicted molar refractivity (Wildman–Crippen MR) is 59.6 cm³/mol. The van der Waals surface area contributed by atoms with Crippen LogP contribution in [0.25, 0.3) is 0 Å². The Bertz CT molecular complexity index is 433. The van der Waals surface area contributed by atoms with Gasteiger partial charge in [0.15, 0.2) is 0 Å². The van der Waals surface area contributed by atoms with Gasteiger partial charge in [-0.3, -0.25) is 4.79 Å². The third-order valence-corrected chi connectivity index (χ3v) is 2.69. The third-order valence-electron chi connectivity index (χ3n) is 2.20. The quantitative estimate of drug-likeness (QED) is 0.791. The second-order valence-corrected chi connectivity index (χ2v) is 4.24. The molecule has 0 saturated carbocycles. The lowest BCUT2D eigenvalue weighted by Gasteiger charge is -2.12. The van der Waals surface area contributed by atoms with E-state index in [4.69, 9.17) is 0 Å². The number of carbonyl (C=O) groups is 2. The van der Waals surface area contributed by atoms with E-state index >= 15 is 0 Å². The Morgan fingerprint density at radius 2 is 2.13 bits per heavy atom. The number of hydrogen-bond donors (Lipinski definition) is 1. The molecule has 3 amide bonds. The van der Waals surface area contributed by atoms with Crippen molar-refractivity contribution in [1.29, 1.82) is 0 Å². The van der Waals surface area contributed by atoms with Gasteiger partial charge in [0, 0.05) is 4.47 Å². The van der Waals surface area contributed by atoms with E-state index in [-0.39, 0.29) is 11.9 Å². The fourth-order valence-electron chi connectivity index (χ4n) is 1.46. The number of amides is 3. The van der Waals surface area contributed by atoms with E-state index in [1.54, 1.807) is 25.1 Å². The smallest absolute Gasteiger partial charge is 0.326 e. The first-order valence-electron chi connectivity index (χ1n) is 4.49. The van der Waals surface area contributed by atoms with Crippen molar-refractivity contribution in [3.8, 4) is 0 Å². The first-order chi connectivity index (χ1) is 7.09. The Kier molecular flexibility index (Phi) is 2.48. The van der Waals surface area contributed by atoms with Crippen LogP contribution in [0, 0.1) is 0 Å². The SMILES string of the molecule is CC1NC(=O)N(c2cccc(Br)c2)C1=O. The highest BCUT2D eigenvalue weighted by Gasteiger charge is 2.35. The molecule has 0 spiro atoms.